The molecule has 0 bridgehead atoms. The Labute approximate surface area is 102 Å². The van der Waals surface area contributed by atoms with E-state index in [1.165, 1.54) is 6.08 Å². The van der Waals surface area contributed by atoms with Crippen LogP contribution in [0.25, 0.3) is 0 Å². The number of Topliss-reactive ketones (excluding diaryl/α,β-unsaturated/α-hetero) is 1. The van der Waals surface area contributed by atoms with Crippen LogP contribution in [-0.2, 0) is 9.53 Å². The zero-order chi connectivity index (χ0) is 12.0. The molecule has 84 valence electrons. The van der Waals surface area contributed by atoms with Crippen LogP contribution in [0.5, 0.6) is 0 Å². The first-order valence-corrected chi connectivity index (χ1v) is 5.51. The number of carbonyl (C=O) groups is 2. The number of halogens is 1. The Morgan fingerprint density at radius 3 is 2.50 bits per heavy atom. The number of hydrogen-bond donors (Lipinski definition) is 0. The van der Waals surface area contributed by atoms with Gasteiger partial charge in [0, 0.05) is 16.1 Å². The molecule has 16 heavy (non-hydrogen) atoms. The van der Waals surface area contributed by atoms with Gasteiger partial charge in [-0.1, -0.05) is 34.1 Å². The zero-order valence-electron chi connectivity index (χ0n) is 8.77. The molecule has 3 nitrogen and oxygen atoms in total. The molecule has 0 saturated heterocycles. The number of rotatable bonds is 4. The van der Waals surface area contributed by atoms with Gasteiger partial charge in [0.05, 0.1) is 0 Å². The van der Waals surface area contributed by atoms with Gasteiger partial charge in [0.25, 0.3) is 0 Å². The summed E-state index contributed by atoms with van der Waals surface area (Å²) in [5.74, 6) is -0.724. The van der Waals surface area contributed by atoms with E-state index in [1.807, 2.05) is 0 Å². The van der Waals surface area contributed by atoms with E-state index in [2.05, 4.69) is 15.9 Å². The van der Waals surface area contributed by atoms with Gasteiger partial charge < -0.3 is 4.74 Å². The average molecular weight is 283 g/mol. The van der Waals surface area contributed by atoms with Crippen LogP contribution in [0.4, 0.5) is 0 Å². The molecule has 1 rings (SSSR count). The molecular formula is C12H11BrO3. The van der Waals surface area contributed by atoms with Crippen LogP contribution in [0.15, 0.2) is 40.9 Å². The Morgan fingerprint density at radius 2 is 1.94 bits per heavy atom. The summed E-state index contributed by atoms with van der Waals surface area (Å²) in [7, 11) is 0. The minimum absolute atomic E-state index is 0.217. The molecule has 0 saturated carbocycles. The van der Waals surface area contributed by atoms with E-state index in [4.69, 9.17) is 4.74 Å². The summed E-state index contributed by atoms with van der Waals surface area (Å²) in [6.07, 6.45) is 2.83. The molecule has 0 fully saturated rings. The van der Waals surface area contributed by atoms with Crippen LogP contribution in [0.2, 0.25) is 0 Å². The first-order valence-electron chi connectivity index (χ1n) is 4.71. The third-order valence-electron chi connectivity index (χ3n) is 1.81. The highest BCUT2D eigenvalue weighted by Gasteiger charge is 2.07. The maximum Gasteiger partial charge on any atom is 0.330 e. The van der Waals surface area contributed by atoms with Crippen molar-refractivity contribution in [3.63, 3.8) is 0 Å². The second-order valence-electron chi connectivity index (χ2n) is 3.04. The molecule has 0 heterocycles. The third-order valence-corrected chi connectivity index (χ3v) is 2.34. The number of carbonyl (C=O) groups excluding carboxylic acids is 2. The molecule has 4 heteroatoms. The van der Waals surface area contributed by atoms with Gasteiger partial charge in [0.15, 0.2) is 12.4 Å². The van der Waals surface area contributed by atoms with Crippen LogP contribution in [0, 0.1) is 0 Å². The Bertz CT molecular complexity index is 407. The Morgan fingerprint density at radius 1 is 1.31 bits per heavy atom. The Balaban J connectivity index is 2.53. The largest absolute Gasteiger partial charge is 0.454 e. The molecule has 0 aliphatic carbocycles. The maximum atomic E-state index is 11.5. The lowest BCUT2D eigenvalue weighted by molar-refractivity contribution is -0.136. The van der Waals surface area contributed by atoms with Crippen molar-refractivity contribution >= 4 is 27.7 Å². The monoisotopic (exact) mass is 282 g/mol. The molecule has 0 amide bonds. The van der Waals surface area contributed by atoms with Crippen molar-refractivity contribution in [3.05, 3.63) is 46.5 Å². The van der Waals surface area contributed by atoms with E-state index < -0.39 is 5.97 Å². The minimum atomic E-state index is -0.507. The van der Waals surface area contributed by atoms with Crippen LogP contribution in [0.1, 0.15) is 17.3 Å². The van der Waals surface area contributed by atoms with E-state index in [0.717, 1.165) is 4.47 Å². The molecule has 0 N–H and O–H groups in total. The van der Waals surface area contributed by atoms with Crippen molar-refractivity contribution < 1.29 is 14.3 Å². The predicted octanol–water partition coefficient (Wildman–Crippen LogP) is 2.75. The van der Waals surface area contributed by atoms with Crippen molar-refractivity contribution in [2.45, 2.75) is 6.92 Å². The highest BCUT2D eigenvalue weighted by molar-refractivity contribution is 9.10. The normalized spacial score (nSPS) is 10.4. The quantitative estimate of drug-likeness (QED) is 0.485. The van der Waals surface area contributed by atoms with Gasteiger partial charge in [-0.15, -0.1) is 0 Å². The van der Waals surface area contributed by atoms with Crippen LogP contribution in [0.3, 0.4) is 0 Å². The van der Waals surface area contributed by atoms with E-state index >= 15 is 0 Å². The highest BCUT2D eigenvalue weighted by atomic mass is 79.9. The lowest BCUT2D eigenvalue weighted by Gasteiger charge is -2.01. The molecule has 0 aliphatic rings. The summed E-state index contributed by atoms with van der Waals surface area (Å²) in [4.78, 5) is 22.5. The Kier molecular flexibility index (Phi) is 4.92. The molecule has 0 aliphatic heterocycles. The SMILES string of the molecule is C/C=C/C(=O)OCC(=O)c1ccc(Br)cc1. The van der Waals surface area contributed by atoms with Crippen molar-refractivity contribution in [3.8, 4) is 0 Å². The van der Waals surface area contributed by atoms with E-state index in [0.29, 0.717) is 5.56 Å². The molecule has 1 aromatic rings. The first-order chi connectivity index (χ1) is 7.63. The second kappa shape index (κ2) is 6.23. The molecule has 0 aromatic heterocycles. The molecular weight excluding hydrogens is 272 g/mol. The number of esters is 1. The van der Waals surface area contributed by atoms with Crippen LogP contribution in [-0.4, -0.2) is 18.4 Å². The number of hydrogen-bond acceptors (Lipinski definition) is 3. The van der Waals surface area contributed by atoms with E-state index in [1.54, 1.807) is 37.3 Å². The smallest absolute Gasteiger partial charge is 0.330 e. The van der Waals surface area contributed by atoms with Crippen molar-refractivity contribution in [2.24, 2.45) is 0 Å². The summed E-state index contributed by atoms with van der Waals surface area (Å²) >= 11 is 3.27. The fourth-order valence-electron chi connectivity index (χ4n) is 1.04. The van der Waals surface area contributed by atoms with Gasteiger partial charge in [-0.05, 0) is 19.1 Å². The maximum absolute atomic E-state index is 11.5. The van der Waals surface area contributed by atoms with Crippen molar-refractivity contribution in [1.29, 1.82) is 0 Å². The number of ether oxygens (including phenoxy) is 1. The fourth-order valence-corrected chi connectivity index (χ4v) is 1.30. The van der Waals surface area contributed by atoms with Gasteiger partial charge in [-0.3, -0.25) is 4.79 Å². The molecule has 0 unspecified atom stereocenters. The van der Waals surface area contributed by atoms with Crippen LogP contribution >= 0.6 is 15.9 Å². The van der Waals surface area contributed by atoms with Gasteiger partial charge in [-0.25, -0.2) is 4.79 Å². The predicted molar refractivity (Wildman–Crippen MR) is 64.2 cm³/mol. The summed E-state index contributed by atoms with van der Waals surface area (Å²) in [6.45, 7) is 1.47. The molecule has 0 spiro atoms. The van der Waals surface area contributed by atoms with Crippen molar-refractivity contribution in [1.82, 2.24) is 0 Å². The number of benzene rings is 1. The van der Waals surface area contributed by atoms with Gasteiger partial charge in [0.1, 0.15) is 0 Å². The summed E-state index contributed by atoms with van der Waals surface area (Å²) in [6, 6.07) is 6.88. The molecule has 1 aromatic carbocycles. The van der Waals surface area contributed by atoms with E-state index in [-0.39, 0.29) is 12.4 Å². The summed E-state index contributed by atoms with van der Waals surface area (Å²) in [5.41, 5.74) is 0.525. The number of ketones is 1. The average Bonchev–Trinajstić information content (AvgIpc) is 2.27. The van der Waals surface area contributed by atoms with Gasteiger partial charge in [0.2, 0.25) is 0 Å². The minimum Gasteiger partial charge on any atom is -0.454 e. The Hall–Kier alpha value is -1.42. The lowest BCUT2D eigenvalue weighted by Crippen LogP contribution is -2.12. The van der Waals surface area contributed by atoms with Crippen LogP contribution < -0.4 is 0 Å². The topological polar surface area (TPSA) is 43.4 Å². The van der Waals surface area contributed by atoms with E-state index in [9.17, 15) is 9.59 Å². The molecule has 0 atom stereocenters. The lowest BCUT2D eigenvalue weighted by atomic mass is 10.1. The van der Waals surface area contributed by atoms with Crippen molar-refractivity contribution in [2.75, 3.05) is 6.61 Å². The number of allylic oxidation sites excluding steroid dienone is 1. The van der Waals surface area contributed by atoms with Gasteiger partial charge >= 0.3 is 5.97 Å². The highest BCUT2D eigenvalue weighted by Crippen LogP contribution is 2.10. The fraction of sp³-hybridized carbons (Fsp3) is 0.167. The zero-order valence-corrected chi connectivity index (χ0v) is 10.4. The van der Waals surface area contributed by atoms with Gasteiger partial charge in [-0.2, -0.15) is 0 Å². The molecule has 0 radical (unpaired) electrons. The third kappa shape index (κ3) is 3.98. The summed E-state index contributed by atoms with van der Waals surface area (Å²) in [5, 5.41) is 0. The summed E-state index contributed by atoms with van der Waals surface area (Å²) < 4.78 is 5.64. The second-order valence-corrected chi connectivity index (χ2v) is 3.95. The standard InChI is InChI=1S/C12H11BrO3/c1-2-3-12(15)16-8-11(14)9-4-6-10(13)7-5-9/h2-7H,8H2,1H3/b3-2+. The first kappa shape index (κ1) is 12.6.